The number of hydrogen-bond acceptors (Lipinski definition) is 25. The Hall–Kier alpha value is -13.3. The van der Waals surface area contributed by atoms with Gasteiger partial charge in [-0.25, -0.2) is 24.5 Å². The first-order valence-electron chi connectivity index (χ1n) is 47.6. The number of imidazole rings is 3. The number of thiophene rings is 4. The number of methoxy groups -OCH3 is 4. The molecular formula is C102H126N20O15S4. The number of aryl methyl sites for hydroxylation is 7. The number of nitrogens with one attached hydrogen (secondary N) is 3. The quantitative estimate of drug-likeness (QED) is 0.0269. The third-order valence-corrected chi connectivity index (χ3v) is 29.5. The topological polar surface area (TPSA) is 392 Å². The zero-order chi connectivity index (χ0) is 101. The molecule has 141 heavy (non-hydrogen) atoms. The van der Waals surface area contributed by atoms with Crippen LogP contribution in [-0.4, -0.2) is 237 Å². The van der Waals surface area contributed by atoms with E-state index >= 15 is 0 Å². The number of nitrogens with zero attached hydrogens (tertiary/aromatic N) is 15. The van der Waals surface area contributed by atoms with Crippen LogP contribution in [0.5, 0.6) is 23.0 Å². The number of ether oxygens (including phenoxy) is 6. The summed E-state index contributed by atoms with van der Waals surface area (Å²) in [5.74, 6) is 4.18. The number of nitro groups is 1. The summed E-state index contributed by atoms with van der Waals surface area (Å²) >= 11 is 6.87. The van der Waals surface area contributed by atoms with E-state index in [9.17, 15) is 43.7 Å². The molecule has 4 atom stereocenters. The highest BCUT2D eigenvalue weighted by molar-refractivity contribution is 7.17. The van der Waals surface area contributed by atoms with Gasteiger partial charge >= 0.3 is 12.2 Å². The van der Waals surface area contributed by atoms with E-state index in [2.05, 4.69) is 112 Å². The lowest BCUT2D eigenvalue weighted by atomic mass is 10.0. The largest absolute Gasteiger partial charge is 0.494 e. The summed E-state index contributed by atoms with van der Waals surface area (Å²) in [6, 6.07) is 30.3. The van der Waals surface area contributed by atoms with Gasteiger partial charge in [0.15, 0.2) is 29.4 Å². The van der Waals surface area contributed by atoms with Crippen LogP contribution < -0.4 is 46.4 Å². The second-order valence-corrected chi connectivity index (χ2v) is 41.0. The van der Waals surface area contributed by atoms with Gasteiger partial charge in [-0.15, -0.1) is 45.3 Å². The Balaban J connectivity index is 0.000000137. The number of aldehydes is 1. The van der Waals surface area contributed by atoms with Crippen LogP contribution >= 0.6 is 45.3 Å². The Morgan fingerprint density at radius 3 is 1.05 bits per heavy atom. The molecule has 748 valence electrons. The molecule has 0 spiro atoms. The molecule has 11 aromatic heterocycles. The maximum absolute atomic E-state index is 13.6. The summed E-state index contributed by atoms with van der Waals surface area (Å²) in [6.07, 6.45) is 6.71. The van der Waals surface area contributed by atoms with Gasteiger partial charge in [-0.3, -0.25) is 34.1 Å². The van der Waals surface area contributed by atoms with Gasteiger partial charge in [-0.1, -0.05) is 0 Å². The van der Waals surface area contributed by atoms with Crippen LogP contribution in [0.4, 0.5) is 21.0 Å². The Kier molecular flexibility index (Phi) is 31.4. The third kappa shape index (κ3) is 21.8. The fraction of sp³-hybridized carbons (Fsp3) is 0.431. The zero-order valence-corrected chi connectivity index (χ0v) is 86.5. The van der Waals surface area contributed by atoms with Crippen molar-refractivity contribution in [1.29, 1.82) is 0 Å². The summed E-state index contributed by atoms with van der Waals surface area (Å²) in [5, 5.41) is 33.0. The summed E-state index contributed by atoms with van der Waals surface area (Å²) < 4.78 is 48.1. The van der Waals surface area contributed by atoms with E-state index in [0.29, 0.717) is 91.6 Å². The van der Waals surface area contributed by atoms with E-state index in [1.807, 2.05) is 116 Å². The fourth-order valence-corrected chi connectivity index (χ4v) is 23.1. The van der Waals surface area contributed by atoms with Crippen molar-refractivity contribution >= 4 is 173 Å². The lowest BCUT2D eigenvalue weighted by Crippen LogP contribution is -2.50. The standard InChI is InChI=1S/C28H35N5O4S.2C23H27N5O2S.C19H28N4O6.C9H9NOS/c1-7-33-21(14-17-10-12-38-26(17)33)24-30-20-13-18(15-22(36-6)23(20)31(24)5)25(34)32-11-8-9-19(16-32)29-27(35)37-28(2,3)4;2*1-4-28-18(11-14-7-9-31-23(14)28)21-25-17-10-15(12-19(30-3)20(17)26(21)2)22(29)27-8-5-6-16(24)13-27;1-19(2,3)29-18(25)21-13-7-6-8-22(11-13)17(24)12-9-14(23(26)27)16(20-4)15(10-12)28-5;1-2-10-8(6-11)5-7-3-4-12-9(7)10/h10,12-15,19H,7-9,11,16H2,1-6H3,(H,29,35);2*7,9-12,16H,4-6,8,13,24H2,1-3H3;9-10,13,20H,6-8,11H2,1-5H3,(H,21,25);3-6H,2H2,1H3/t19-;2*16-;13-;/m1111./s1. The van der Waals surface area contributed by atoms with Crippen molar-refractivity contribution in [1.82, 2.24) is 77.2 Å². The molecule has 6 amide bonds. The van der Waals surface area contributed by atoms with Gasteiger partial charge in [0.2, 0.25) is 0 Å². The molecule has 7 N–H and O–H groups in total. The molecule has 4 aliphatic heterocycles. The zero-order valence-electron chi connectivity index (χ0n) is 83.2. The number of nitro benzene ring substituents is 1. The van der Waals surface area contributed by atoms with E-state index < -0.39 is 28.3 Å². The predicted octanol–water partition coefficient (Wildman–Crippen LogP) is 18.4. The Morgan fingerprint density at radius 1 is 0.447 bits per heavy atom. The molecule has 4 saturated heterocycles. The molecule has 19 rings (SSSR count). The number of piperidine rings is 4. The summed E-state index contributed by atoms with van der Waals surface area (Å²) in [4.78, 5) is 126. The minimum atomic E-state index is -0.612. The molecule has 4 fully saturated rings. The van der Waals surface area contributed by atoms with Crippen LogP contribution in [0.15, 0.2) is 119 Å². The van der Waals surface area contributed by atoms with Crippen molar-refractivity contribution in [2.75, 3.05) is 93.2 Å². The molecule has 4 aliphatic rings. The number of carbonyl (C=O) groups is 7. The van der Waals surface area contributed by atoms with Gasteiger partial charge < -0.3 is 107 Å². The Labute approximate surface area is 833 Å². The van der Waals surface area contributed by atoms with Gasteiger partial charge in [0.05, 0.1) is 78.3 Å². The number of benzene rings is 4. The normalized spacial score (nSPS) is 16.2. The second kappa shape index (κ2) is 43.4. The highest BCUT2D eigenvalue weighted by atomic mass is 32.1. The van der Waals surface area contributed by atoms with Crippen molar-refractivity contribution < 1.29 is 66.9 Å². The van der Waals surface area contributed by atoms with Crippen molar-refractivity contribution in [3.8, 4) is 57.6 Å². The van der Waals surface area contributed by atoms with E-state index in [-0.39, 0.29) is 70.5 Å². The first kappa shape index (κ1) is 102. The highest BCUT2D eigenvalue weighted by Crippen LogP contribution is 2.43. The minimum Gasteiger partial charge on any atom is -0.494 e. The molecule has 39 heteroatoms. The van der Waals surface area contributed by atoms with Crippen molar-refractivity contribution in [3.05, 3.63) is 157 Å². The van der Waals surface area contributed by atoms with Gasteiger partial charge in [-0.2, -0.15) is 0 Å². The molecule has 35 nitrogen and oxygen atoms in total. The average molecular weight is 2000 g/mol. The molecule has 0 saturated carbocycles. The molecule has 15 aromatic rings. The van der Waals surface area contributed by atoms with E-state index in [4.69, 9.17) is 54.8 Å². The highest BCUT2D eigenvalue weighted by Gasteiger charge is 2.35. The van der Waals surface area contributed by atoms with Crippen molar-refractivity contribution in [2.24, 2.45) is 32.6 Å². The van der Waals surface area contributed by atoms with Gasteiger partial charge in [0, 0.05) is 175 Å². The molecule has 15 heterocycles. The lowest BCUT2D eigenvalue weighted by Gasteiger charge is -2.33. The Morgan fingerprint density at radius 2 is 0.752 bits per heavy atom. The molecule has 0 bridgehead atoms. The number of aromatic nitrogens is 10. The SMILES string of the molecule is CCn1c(-c2nc3cc(C(=O)N4CCC[C@@H](N)C4)cc(OC)c3n2C)cc2ccsc21.CCn1c(-c2nc3cc(C(=O)N4CCC[C@@H](N)C4)cc(OC)c3n2C)cc2ccsc21.CCn1c(-c2nc3cc(C(=O)N4CCC[C@@H](NC(=O)OC(C)(C)C)C4)cc(OC)c3n2C)cc2ccsc21.CCn1c(C=O)cc2ccsc21.CNc1c(OC)cc(C(=O)N2CCC[C@@H](NC(=O)OC(C)(C)C)C2)cc1[N+](=O)[O-]. The van der Waals surface area contributed by atoms with Crippen molar-refractivity contribution in [2.45, 2.75) is 182 Å². The lowest BCUT2D eigenvalue weighted by molar-refractivity contribution is -0.384. The second-order valence-electron chi connectivity index (χ2n) is 37.5. The van der Waals surface area contributed by atoms with Crippen LogP contribution in [0.3, 0.4) is 0 Å². The third-order valence-electron chi connectivity index (χ3n) is 25.7. The van der Waals surface area contributed by atoms with Crippen LogP contribution in [0.2, 0.25) is 0 Å². The number of amides is 6. The van der Waals surface area contributed by atoms with Crippen LogP contribution in [-0.2, 0) is 56.8 Å². The number of anilines is 1. The van der Waals surface area contributed by atoms with Gasteiger partial charge in [0.1, 0.15) is 70.1 Å². The van der Waals surface area contributed by atoms with E-state index in [1.54, 1.807) is 110 Å². The van der Waals surface area contributed by atoms with E-state index in [1.165, 1.54) is 60.1 Å². The molecular weight excluding hydrogens is 1870 g/mol. The smallest absolute Gasteiger partial charge is 0.407 e. The Bertz CT molecular complexity index is 6960. The monoisotopic (exact) mass is 2000 g/mol. The van der Waals surface area contributed by atoms with Gasteiger partial charge in [-0.05, 0) is 233 Å². The number of fused-ring (bicyclic) bond motifs is 7. The molecule has 0 unspecified atom stereocenters. The molecule has 0 aliphatic carbocycles. The van der Waals surface area contributed by atoms with Crippen molar-refractivity contribution in [3.63, 3.8) is 0 Å². The summed E-state index contributed by atoms with van der Waals surface area (Å²) in [7, 11) is 13.8. The first-order chi connectivity index (χ1) is 67.5. The minimum absolute atomic E-state index is 0.0139. The number of carbonyl (C=O) groups excluding carboxylic acids is 7. The number of alkyl carbamates (subject to hydrolysis) is 2. The molecule has 0 radical (unpaired) electrons. The summed E-state index contributed by atoms with van der Waals surface area (Å²) in [5.41, 5.74) is 21.6. The van der Waals surface area contributed by atoms with Crippen LogP contribution in [0, 0.1) is 10.1 Å². The number of likely N-dealkylation sites (tertiary alicyclic amines) is 4. The fourth-order valence-electron chi connectivity index (χ4n) is 19.2. The molecule has 4 aromatic carbocycles. The number of rotatable bonds is 20. The summed E-state index contributed by atoms with van der Waals surface area (Å²) in [6.45, 7) is 27.2. The number of hydrogen-bond donors (Lipinski definition) is 5. The van der Waals surface area contributed by atoms with Crippen LogP contribution in [0.1, 0.15) is 173 Å². The average Bonchev–Trinajstić information content (AvgIpc) is 1.60. The van der Waals surface area contributed by atoms with E-state index in [0.717, 1.165) is 152 Å². The maximum atomic E-state index is 13.6. The van der Waals surface area contributed by atoms with Crippen LogP contribution in [0.25, 0.3) is 109 Å². The van der Waals surface area contributed by atoms with Gasteiger partial charge in [0.25, 0.3) is 29.3 Å². The maximum Gasteiger partial charge on any atom is 0.407 e. The predicted molar refractivity (Wildman–Crippen MR) is 558 cm³/mol. The first-order valence-corrected chi connectivity index (χ1v) is 51.1. The number of nitrogens with two attached hydrogens (primary N) is 2.